The predicted octanol–water partition coefficient (Wildman–Crippen LogP) is 5.21. The fourth-order valence-corrected chi connectivity index (χ4v) is 3.42. The lowest BCUT2D eigenvalue weighted by Crippen LogP contribution is -2.22. The molecule has 0 aliphatic heterocycles. The summed E-state index contributed by atoms with van der Waals surface area (Å²) in [6.07, 6.45) is 0. The molecular weight excluding hydrogens is 281 g/mol. The van der Waals surface area contributed by atoms with Crippen molar-refractivity contribution in [3.05, 3.63) is 59.2 Å². The minimum atomic E-state index is -0.183. The van der Waals surface area contributed by atoms with E-state index in [9.17, 15) is 4.39 Å². The molecule has 3 aromatic rings. The van der Waals surface area contributed by atoms with E-state index < -0.39 is 0 Å². The van der Waals surface area contributed by atoms with Crippen molar-refractivity contribution in [3.63, 3.8) is 0 Å². The maximum Gasteiger partial charge on any atom is 0.123 e. The van der Waals surface area contributed by atoms with E-state index in [4.69, 9.17) is 0 Å². The quantitative estimate of drug-likeness (QED) is 0.697. The molecule has 21 heavy (non-hydrogen) atoms. The summed E-state index contributed by atoms with van der Waals surface area (Å²) >= 11 is 1.73. The van der Waals surface area contributed by atoms with Gasteiger partial charge in [0, 0.05) is 17.3 Å². The second-order valence-corrected chi connectivity index (χ2v) is 6.40. The molecule has 1 N–H and O–H groups in total. The smallest absolute Gasteiger partial charge is 0.123 e. The summed E-state index contributed by atoms with van der Waals surface area (Å²) in [5.74, 6) is -0.183. The summed E-state index contributed by atoms with van der Waals surface area (Å²) in [7, 11) is 0. The summed E-state index contributed by atoms with van der Waals surface area (Å²) in [6.45, 7) is 4.87. The monoisotopic (exact) mass is 299 g/mol. The van der Waals surface area contributed by atoms with E-state index in [1.165, 1.54) is 15.6 Å². The van der Waals surface area contributed by atoms with Gasteiger partial charge >= 0.3 is 0 Å². The molecule has 3 rings (SSSR count). The first-order chi connectivity index (χ1) is 10.1. The van der Waals surface area contributed by atoms with Crippen molar-refractivity contribution in [1.29, 1.82) is 0 Å². The van der Waals surface area contributed by atoms with Gasteiger partial charge in [-0.2, -0.15) is 0 Å². The van der Waals surface area contributed by atoms with Crippen LogP contribution in [0.3, 0.4) is 0 Å². The lowest BCUT2D eigenvalue weighted by molar-refractivity contribution is 0.582. The zero-order valence-corrected chi connectivity index (χ0v) is 13.0. The van der Waals surface area contributed by atoms with Crippen LogP contribution in [-0.2, 0) is 6.54 Å². The normalized spacial score (nSPS) is 11.4. The molecule has 0 aliphatic carbocycles. The first-order valence-corrected chi connectivity index (χ1v) is 8.01. The number of nitrogens with one attached hydrogen (secondary N) is 1. The average molecular weight is 299 g/mol. The molecule has 2 aromatic carbocycles. The number of hydrogen-bond donors (Lipinski definition) is 1. The third-order valence-electron chi connectivity index (χ3n) is 3.54. The molecule has 0 fully saturated rings. The maximum atomic E-state index is 13.6. The van der Waals surface area contributed by atoms with E-state index in [0.717, 1.165) is 11.1 Å². The van der Waals surface area contributed by atoms with Crippen molar-refractivity contribution in [2.75, 3.05) is 0 Å². The van der Waals surface area contributed by atoms with E-state index >= 15 is 0 Å². The van der Waals surface area contributed by atoms with Crippen LogP contribution < -0.4 is 5.32 Å². The van der Waals surface area contributed by atoms with E-state index in [1.807, 2.05) is 6.07 Å². The number of fused-ring (bicyclic) bond motifs is 1. The van der Waals surface area contributed by atoms with Gasteiger partial charge in [0.15, 0.2) is 0 Å². The van der Waals surface area contributed by atoms with E-state index in [1.54, 1.807) is 23.5 Å². The molecule has 0 unspecified atom stereocenters. The highest BCUT2D eigenvalue weighted by Crippen LogP contribution is 2.34. The largest absolute Gasteiger partial charge is 0.310 e. The molecule has 0 radical (unpaired) electrons. The Kier molecular flexibility index (Phi) is 4.04. The van der Waals surface area contributed by atoms with Gasteiger partial charge in [-0.3, -0.25) is 0 Å². The Labute approximate surface area is 128 Å². The van der Waals surface area contributed by atoms with Crippen LogP contribution in [-0.4, -0.2) is 6.04 Å². The van der Waals surface area contributed by atoms with Crippen molar-refractivity contribution >= 4 is 21.4 Å². The van der Waals surface area contributed by atoms with Gasteiger partial charge in [-0.05, 0) is 45.7 Å². The molecule has 0 saturated carbocycles. The molecule has 0 amide bonds. The molecular formula is C18H18FNS. The molecule has 0 saturated heterocycles. The molecule has 0 spiro atoms. The van der Waals surface area contributed by atoms with Gasteiger partial charge in [0.25, 0.3) is 0 Å². The molecule has 108 valence electrons. The second-order valence-electron chi connectivity index (χ2n) is 5.48. The fourth-order valence-electron chi connectivity index (χ4n) is 2.49. The molecule has 1 aromatic heterocycles. The molecule has 1 heterocycles. The Hall–Kier alpha value is -1.71. The van der Waals surface area contributed by atoms with Gasteiger partial charge in [0.05, 0.1) is 0 Å². The topological polar surface area (TPSA) is 12.0 Å². The van der Waals surface area contributed by atoms with E-state index in [-0.39, 0.29) is 5.82 Å². The van der Waals surface area contributed by atoms with Crippen LogP contribution in [0.5, 0.6) is 0 Å². The van der Waals surface area contributed by atoms with Gasteiger partial charge in [-0.15, -0.1) is 11.3 Å². The number of benzene rings is 2. The molecule has 1 nitrogen and oxygen atoms in total. The average Bonchev–Trinajstić information content (AvgIpc) is 2.93. The number of rotatable bonds is 4. The summed E-state index contributed by atoms with van der Waals surface area (Å²) in [6, 6.07) is 13.9. The van der Waals surface area contributed by atoms with E-state index in [2.05, 4.69) is 48.8 Å². The zero-order valence-electron chi connectivity index (χ0n) is 12.2. The van der Waals surface area contributed by atoms with Gasteiger partial charge in [0.1, 0.15) is 5.82 Å². The van der Waals surface area contributed by atoms with Gasteiger partial charge in [-0.1, -0.05) is 38.1 Å². The lowest BCUT2D eigenvalue weighted by atomic mass is 9.98. The van der Waals surface area contributed by atoms with Gasteiger partial charge in [-0.25, -0.2) is 4.39 Å². The Morgan fingerprint density at radius 1 is 1.10 bits per heavy atom. The van der Waals surface area contributed by atoms with Crippen molar-refractivity contribution in [3.8, 4) is 11.1 Å². The number of halogens is 1. The van der Waals surface area contributed by atoms with Crippen LogP contribution in [0.25, 0.3) is 21.2 Å². The highest BCUT2D eigenvalue weighted by Gasteiger charge is 2.11. The van der Waals surface area contributed by atoms with Crippen LogP contribution in [0, 0.1) is 5.82 Å². The lowest BCUT2D eigenvalue weighted by Gasteiger charge is -2.14. The van der Waals surface area contributed by atoms with Crippen molar-refractivity contribution in [2.24, 2.45) is 0 Å². The van der Waals surface area contributed by atoms with E-state index in [0.29, 0.717) is 12.6 Å². The zero-order chi connectivity index (χ0) is 14.8. The summed E-state index contributed by atoms with van der Waals surface area (Å²) in [4.78, 5) is 0. The van der Waals surface area contributed by atoms with Gasteiger partial charge < -0.3 is 5.32 Å². The highest BCUT2D eigenvalue weighted by atomic mass is 32.1. The van der Waals surface area contributed by atoms with Crippen LogP contribution in [0.1, 0.15) is 19.4 Å². The number of thiophene rings is 1. The predicted molar refractivity (Wildman–Crippen MR) is 89.2 cm³/mol. The van der Waals surface area contributed by atoms with Crippen molar-refractivity contribution in [2.45, 2.75) is 26.4 Å². The summed E-state index contributed by atoms with van der Waals surface area (Å²) in [5, 5.41) is 6.72. The second kappa shape index (κ2) is 5.96. The van der Waals surface area contributed by atoms with Gasteiger partial charge in [0.2, 0.25) is 0 Å². The van der Waals surface area contributed by atoms with Crippen molar-refractivity contribution in [1.82, 2.24) is 5.32 Å². The Morgan fingerprint density at radius 3 is 2.76 bits per heavy atom. The Balaban J connectivity index is 2.11. The fraction of sp³-hybridized carbons (Fsp3) is 0.222. The molecule has 3 heteroatoms. The molecule has 0 bridgehead atoms. The minimum Gasteiger partial charge on any atom is -0.310 e. The summed E-state index contributed by atoms with van der Waals surface area (Å²) in [5.41, 5.74) is 3.30. The molecule has 0 atom stereocenters. The van der Waals surface area contributed by atoms with Crippen LogP contribution in [0.2, 0.25) is 0 Å². The first-order valence-electron chi connectivity index (χ1n) is 7.13. The van der Waals surface area contributed by atoms with Crippen molar-refractivity contribution < 1.29 is 4.39 Å². The standard InChI is InChI=1S/C18H18FNS/c1-12(2)20-11-14-10-15(19)6-7-16(14)17-5-3-4-13-8-9-21-18(13)17/h3-10,12,20H,11H2,1-2H3. The SMILES string of the molecule is CC(C)NCc1cc(F)ccc1-c1cccc2ccsc12. The van der Waals surface area contributed by atoms with Crippen LogP contribution >= 0.6 is 11.3 Å². The third-order valence-corrected chi connectivity index (χ3v) is 4.50. The van der Waals surface area contributed by atoms with Crippen LogP contribution in [0.4, 0.5) is 4.39 Å². The minimum absolute atomic E-state index is 0.183. The maximum absolute atomic E-state index is 13.6. The first kappa shape index (κ1) is 14.2. The molecule has 0 aliphatic rings. The third kappa shape index (κ3) is 2.99. The Bertz CT molecular complexity index is 761. The number of hydrogen-bond acceptors (Lipinski definition) is 2. The van der Waals surface area contributed by atoms with Crippen LogP contribution in [0.15, 0.2) is 47.8 Å². The summed E-state index contributed by atoms with van der Waals surface area (Å²) < 4.78 is 14.9. The Morgan fingerprint density at radius 2 is 1.95 bits per heavy atom. The highest BCUT2D eigenvalue weighted by molar-refractivity contribution is 7.17.